The fourth-order valence-corrected chi connectivity index (χ4v) is 2.42. The lowest BCUT2D eigenvalue weighted by Crippen LogP contribution is -2.38. The van der Waals surface area contributed by atoms with Crippen LogP contribution >= 0.6 is 11.3 Å². The van der Waals surface area contributed by atoms with E-state index in [1.54, 1.807) is 19.1 Å². The monoisotopic (exact) mass is 334 g/mol. The molecule has 0 spiro atoms. The van der Waals surface area contributed by atoms with Crippen molar-refractivity contribution in [3.8, 4) is 17.6 Å². The third-order valence-electron chi connectivity index (χ3n) is 2.85. The van der Waals surface area contributed by atoms with Crippen LogP contribution in [0.15, 0.2) is 36.4 Å². The number of hydroxylamine groups is 2. The Morgan fingerprint density at radius 2 is 2.09 bits per heavy atom. The summed E-state index contributed by atoms with van der Waals surface area (Å²) in [6.07, 6.45) is 0. The summed E-state index contributed by atoms with van der Waals surface area (Å²) in [7, 11) is 0. The van der Waals surface area contributed by atoms with Crippen LogP contribution < -0.4 is 10.5 Å². The molecule has 23 heavy (non-hydrogen) atoms. The van der Waals surface area contributed by atoms with Gasteiger partial charge in [-0.25, -0.2) is 9.18 Å². The van der Waals surface area contributed by atoms with Crippen molar-refractivity contribution in [1.29, 1.82) is 0 Å². The van der Waals surface area contributed by atoms with Crippen LogP contribution in [-0.2, 0) is 6.61 Å². The van der Waals surface area contributed by atoms with Gasteiger partial charge < -0.3 is 10.5 Å². The minimum absolute atomic E-state index is 0.311. The van der Waals surface area contributed by atoms with Crippen LogP contribution in [0.4, 0.5) is 9.18 Å². The summed E-state index contributed by atoms with van der Waals surface area (Å²) in [4.78, 5) is 12.5. The number of benzene rings is 1. The Labute approximate surface area is 137 Å². The maximum absolute atomic E-state index is 12.8. The van der Waals surface area contributed by atoms with Crippen LogP contribution in [0.5, 0.6) is 5.75 Å². The molecule has 2 aromatic rings. The van der Waals surface area contributed by atoms with Gasteiger partial charge in [0.1, 0.15) is 24.2 Å². The molecule has 1 atom stereocenters. The van der Waals surface area contributed by atoms with Gasteiger partial charge in [-0.1, -0.05) is 11.8 Å². The highest BCUT2D eigenvalue weighted by molar-refractivity contribution is 7.12. The third-order valence-corrected chi connectivity index (χ3v) is 3.83. The normalized spacial score (nSPS) is 11.3. The lowest BCUT2D eigenvalue weighted by molar-refractivity contribution is -0.0536. The largest absolute Gasteiger partial charge is 0.488 e. The van der Waals surface area contributed by atoms with Gasteiger partial charge in [0.25, 0.3) is 0 Å². The van der Waals surface area contributed by atoms with E-state index in [1.807, 2.05) is 12.1 Å². The molecular formula is C16H15FN2O3S. The van der Waals surface area contributed by atoms with Crippen molar-refractivity contribution < 1.29 is 19.1 Å². The van der Waals surface area contributed by atoms with E-state index in [4.69, 9.17) is 10.5 Å². The number of carbonyl (C=O) groups is 1. The molecule has 0 bridgehead atoms. The molecule has 0 aliphatic rings. The maximum atomic E-state index is 12.8. The zero-order chi connectivity index (χ0) is 16.8. The Balaban J connectivity index is 1.93. The number of hydrogen-bond donors (Lipinski definition) is 2. The van der Waals surface area contributed by atoms with E-state index in [-0.39, 0.29) is 5.82 Å². The molecule has 3 N–H and O–H groups in total. The van der Waals surface area contributed by atoms with Crippen LogP contribution in [0.1, 0.15) is 16.7 Å². The fraction of sp³-hybridized carbons (Fsp3) is 0.188. The molecular weight excluding hydrogens is 319 g/mol. The first-order valence-corrected chi connectivity index (χ1v) is 7.53. The fourth-order valence-electron chi connectivity index (χ4n) is 1.64. The van der Waals surface area contributed by atoms with Crippen molar-refractivity contribution >= 4 is 17.4 Å². The number of halogens is 1. The number of carbonyl (C=O) groups excluding carboxylic acids is 1. The van der Waals surface area contributed by atoms with Gasteiger partial charge in [-0.2, -0.15) is 5.06 Å². The first kappa shape index (κ1) is 16.8. The number of rotatable bonds is 4. The van der Waals surface area contributed by atoms with E-state index >= 15 is 0 Å². The van der Waals surface area contributed by atoms with Crippen molar-refractivity contribution in [3.05, 3.63) is 52.0 Å². The smallest absolute Gasteiger partial charge is 0.339 e. The van der Waals surface area contributed by atoms with Gasteiger partial charge in [0, 0.05) is 4.88 Å². The summed E-state index contributed by atoms with van der Waals surface area (Å²) in [6.45, 7) is 1.91. The number of thiophene rings is 1. The molecule has 2 amide bonds. The number of amides is 2. The van der Waals surface area contributed by atoms with Gasteiger partial charge in [-0.15, -0.1) is 11.3 Å². The predicted octanol–water partition coefficient (Wildman–Crippen LogP) is 2.98. The van der Waals surface area contributed by atoms with Crippen molar-refractivity contribution in [2.24, 2.45) is 5.73 Å². The number of primary amides is 1. The second kappa shape index (κ2) is 7.63. The molecule has 1 aromatic heterocycles. The summed E-state index contributed by atoms with van der Waals surface area (Å²) < 4.78 is 18.3. The first-order chi connectivity index (χ1) is 11.0. The van der Waals surface area contributed by atoms with Crippen molar-refractivity contribution in [3.63, 3.8) is 0 Å². The lowest BCUT2D eigenvalue weighted by atomic mass is 10.3. The van der Waals surface area contributed by atoms with Gasteiger partial charge >= 0.3 is 6.03 Å². The average molecular weight is 334 g/mol. The van der Waals surface area contributed by atoms with Gasteiger partial charge in [0.05, 0.1) is 4.88 Å². The van der Waals surface area contributed by atoms with Crippen LogP contribution in [0.3, 0.4) is 0 Å². The summed E-state index contributed by atoms with van der Waals surface area (Å²) >= 11 is 1.43. The molecule has 120 valence electrons. The van der Waals surface area contributed by atoms with E-state index < -0.39 is 12.1 Å². The number of hydrogen-bond acceptors (Lipinski definition) is 4. The SMILES string of the molecule is CC(C#Cc1ccc(COc2ccc(F)cc2)s1)N(O)C(N)=O. The highest BCUT2D eigenvalue weighted by atomic mass is 32.1. The van der Waals surface area contributed by atoms with Crippen molar-refractivity contribution in [1.82, 2.24) is 5.06 Å². The highest BCUT2D eigenvalue weighted by Gasteiger charge is 2.11. The molecule has 2 rings (SSSR count). The summed E-state index contributed by atoms with van der Waals surface area (Å²) in [6, 6.07) is 7.83. The molecule has 0 radical (unpaired) electrons. The third kappa shape index (κ3) is 4.98. The van der Waals surface area contributed by atoms with Gasteiger partial charge in [-0.05, 0) is 43.3 Å². The molecule has 5 nitrogen and oxygen atoms in total. The Bertz CT molecular complexity index is 734. The summed E-state index contributed by atoms with van der Waals surface area (Å²) in [5.41, 5.74) is 4.95. The minimum Gasteiger partial charge on any atom is -0.488 e. The number of nitrogens with two attached hydrogens (primary N) is 1. The molecule has 1 heterocycles. The van der Waals surface area contributed by atoms with Crippen molar-refractivity contribution in [2.45, 2.75) is 19.6 Å². The van der Waals surface area contributed by atoms with Gasteiger partial charge in [0.2, 0.25) is 0 Å². The van der Waals surface area contributed by atoms with E-state index in [0.717, 1.165) is 9.75 Å². The van der Waals surface area contributed by atoms with E-state index in [1.165, 1.54) is 23.5 Å². The van der Waals surface area contributed by atoms with Gasteiger partial charge in [0.15, 0.2) is 0 Å². The molecule has 1 unspecified atom stereocenters. The second-order valence-electron chi connectivity index (χ2n) is 4.64. The number of ether oxygens (including phenoxy) is 1. The maximum Gasteiger partial charge on any atom is 0.339 e. The van der Waals surface area contributed by atoms with Crippen molar-refractivity contribution in [2.75, 3.05) is 0 Å². The Hall–Kier alpha value is -2.56. The van der Waals surface area contributed by atoms with E-state index in [9.17, 15) is 14.4 Å². The number of urea groups is 1. The summed E-state index contributed by atoms with van der Waals surface area (Å²) in [5, 5.41) is 9.70. The van der Waals surface area contributed by atoms with Crippen LogP contribution in [0.25, 0.3) is 0 Å². The Morgan fingerprint density at radius 3 is 2.74 bits per heavy atom. The molecule has 0 aliphatic heterocycles. The standard InChI is InChI=1S/C16H15FN2O3S/c1-11(19(21)16(18)20)2-7-14-8-9-15(23-14)10-22-13-5-3-12(17)4-6-13/h3-6,8-9,11,21H,10H2,1H3,(H2,18,20). The Morgan fingerprint density at radius 1 is 1.39 bits per heavy atom. The molecule has 0 aliphatic carbocycles. The van der Waals surface area contributed by atoms with Crippen LogP contribution in [0.2, 0.25) is 0 Å². The minimum atomic E-state index is -0.952. The van der Waals surface area contributed by atoms with Crippen LogP contribution in [-0.4, -0.2) is 22.3 Å². The quantitative estimate of drug-likeness (QED) is 0.513. The van der Waals surface area contributed by atoms with E-state index in [2.05, 4.69) is 11.8 Å². The molecule has 1 aromatic carbocycles. The average Bonchev–Trinajstić information content (AvgIpc) is 2.99. The molecule has 7 heteroatoms. The predicted molar refractivity (Wildman–Crippen MR) is 84.6 cm³/mol. The van der Waals surface area contributed by atoms with E-state index in [0.29, 0.717) is 17.4 Å². The summed E-state index contributed by atoms with van der Waals surface area (Å²) in [5.74, 6) is 5.86. The first-order valence-electron chi connectivity index (χ1n) is 6.72. The zero-order valence-corrected chi connectivity index (χ0v) is 13.1. The lowest BCUT2D eigenvalue weighted by Gasteiger charge is -2.14. The second-order valence-corrected chi connectivity index (χ2v) is 5.81. The number of nitrogens with zero attached hydrogens (tertiary/aromatic N) is 1. The highest BCUT2D eigenvalue weighted by Crippen LogP contribution is 2.19. The van der Waals surface area contributed by atoms with Crippen LogP contribution in [0, 0.1) is 17.7 Å². The zero-order valence-electron chi connectivity index (χ0n) is 12.3. The molecule has 0 fully saturated rings. The Kier molecular flexibility index (Phi) is 5.57. The molecule has 0 saturated carbocycles. The van der Waals surface area contributed by atoms with Gasteiger partial charge in [-0.3, -0.25) is 5.21 Å². The topological polar surface area (TPSA) is 75.8 Å². The molecule has 0 saturated heterocycles.